The van der Waals surface area contributed by atoms with Crippen molar-refractivity contribution in [3.63, 3.8) is 0 Å². The standard InChI is InChI=1S/C16H13ClN2O8S/c17-11-6-10(2-4-12(11)25-7-15(20)21)28(23,24)19-18-16(22)9-1-3-13-14(5-9)27-8-26-13/h1-6,19H,7-8H2,(H,18,22)(H,20,21). The molecule has 3 rings (SSSR count). The van der Waals surface area contributed by atoms with Crippen molar-refractivity contribution in [1.29, 1.82) is 0 Å². The molecule has 0 spiro atoms. The van der Waals surface area contributed by atoms with Crippen molar-refractivity contribution in [3.05, 3.63) is 47.0 Å². The van der Waals surface area contributed by atoms with E-state index < -0.39 is 28.5 Å². The summed E-state index contributed by atoms with van der Waals surface area (Å²) in [7, 11) is -4.14. The number of hydrogen-bond donors (Lipinski definition) is 3. The van der Waals surface area contributed by atoms with Crippen LogP contribution in [0.4, 0.5) is 0 Å². The van der Waals surface area contributed by atoms with Gasteiger partial charge in [-0.1, -0.05) is 11.6 Å². The van der Waals surface area contributed by atoms with E-state index in [2.05, 4.69) is 5.43 Å². The minimum absolute atomic E-state index is 0.00686. The summed E-state index contributed by atoms with van der Waals surface area (Å²) >= 11 is 5.91. The van der Waals surface area contributed by atoms with Crippen molar-refractivity contribution in [2.75, 3.05) is 13.4 Å². The van der Waals surface area contributed by atoms with Gasteiger partial charge in [0, 0.05) is 5.56 Å². The number of amides is 1. The predicted octanol–water partition coefficient (Wildman–Crippen LogP) is 1.16. The molecule has 2 aromatic rings. The molecule has 0 saturated heterocycles. The van der Waals surface area contributed by atoms with E-state index >= 15 is 0 Å². The van der Waals surface area contributed by atoms with Crippen LogP contribution >= 0.6 is 11.6 Å². The van der Waals surface area contributed by atoms with Gasteiger partial charge in [0.05, 0.1) is 9.92 Å². The Bertz CT molecular complexity index is 1040. The lowest BCUT2D eigenvalue weighted by Gasteiger charge is -2.11. The fraction of sp³-hybridized carbons (Fsp3) is 0.125. The van der Waals surface area contributed by atoms with Gasteiger partial charge >= 0.3 is 5.97 Å². The quantitative estimate of drug-likeness (QED) is 0.558. The van der Waals surface area contributed by atoms with E-state index in [1.807, 2.05) is 4.83 Å². The first kappa shape index (κ1) is 19.7. The Morgan fingerprint density at radius 1 is 1.14 bits per heavy atom. The molecule has 0 atom stereocenters. The van der Waals surface area contributed by atoms with Gasteiger partial charge in [0.2, 0.25) is 6.79 Å². The Balaban J connectivity index is 1.67. The summed E-state index contributed by atoms with van der Waals surface area (Å²) < 4.78 is 39.9. The van der Waals surface area contributed by atoms with E-state index in [1.165, 1.54) is 24.3 Å². The summed E-state index contributed by atoms with van der Waals surface area (Å²) in [5.74, 6) is -1.06. The summed E-state index contributed by atoms with van der Waals surface area (Å²) in [4.78, 5) is 24.4. The number of nitrogens with one attached hydrogen (secondary N) is 2. The molecular formula is C16H13ClN2O8S. The number of ether oxygens (including phenoxy) is 3. The van der Waals surface area contributed by atoms with Crippen molar-refractivity contribution >= 4 is 33.5 Å². The second kappa shape index (κ2) is 7.92. The summed E-state index contributed by atoms with van der Waals surface area (Å²) in [6, 6.07) is 7.81. The number of carboxylic acids is 1. The van der Waals surface area contributed by atoms with Gasteiger partial charge in [-0.25, -0.2) is 13.2 Å². The van der Waals surface area contributed by atoms with Crippen LogP contribution in [0.1, 0.15) is 10.4 Å². The molecule has 1 amide bonds. The highest BCUT2D eigenvalue weighted by atomic mass is 35.5. The smallest absolute Gasteiger partial charge is 0.341 e. The highest BCUT2D eigenvalue weighted by Crippen LogP contribution is 2.32. The fourth-order valence-electron chi connectivity index (χ4n) is 2.19. The maximum Gasteiger partial charge on any atom is 0.341 e. The number of carbonyl (C=O) groups is 2. The molecule has 0 saturated carbocycles. The summed E-state index contributed by atoms with van der Waals surface area (Å²) in [5, 5.41) is 8.48. The number of carboxylic acid groups (broad SMARTS) is 1. The van der Waals surface area contributed by atoms with Crippen LogP contribution in [-0.2, 0) is 14.8 Å². The van der Waals surface area contributed by atoms with Gasteiger partial charge in [-0.3, -0.25) is 10.2 Å². The fourth-order valence-corrected chi connectivity index (χ4v) is 3.35. The first-order chi connectivity index (χ1) is 13.3. The number of carbonyl (C=O) groups excluding carboxylic acids is 1. The Kier molecular flexibility index (Phi) is 5.58. The Morgan fingerprint density at radius 2 is 1.89 bits per heavy atom. The van der Waals surface area contributed by atoms with Crippen molar-refractivity contribution in [3.8, 4) is 17.2 Å². The largest absolute Gasteiger partial charge is 0.480 e. The van der Waals surface area contributed by atoms with Crippen LogP contribution in [0.2, 0.25) is 5.02 Å². The molecule has 0 bridgehead atoms. The van der Waals surface area contributed by atoms with Gasteiger partial charge in [0.1, 0.15) is 5.75 Å². The zero-order valence-electron chi connectivity index (χ0n) is 14.0. The van der Waals surface area contributed by atoms with Crippen LogP contribution in [0.15, 0.2) is 41.3 Å². The zero-order chi connectivity index (χ0) is 20.3. The minimum Gasteiger partial charge on any atom is -0.480 e. The van der Waals surface area contributed by atoms with Gasteiger partial charge < -0.3 is 19.3 Å². The van der Waals surface area contributed by atoms with Crippen molar-refractivity contribution in [1.82, 2.24) is 10.3 Å². The van der Waals surface area contributed by atoms with Crippen LogP contribution in [0.25, 0.3) is 0 Å². The summed E-state index contributed by atoms with van der Waals surface area (Å²) in [6.07, 6.45) is 0. The molecule has 1 aliphatic heterocycles. The maximum atomic E-state index is 12.3. The number of sulfonamides is 1. The second-order valence-electron chi connectivity index (χ2n) is 5.40. The molecule has 28 heavy (non-hydrogen) atoms. The number of aliphatic carboxylic acids is 1. The van der Waals surface area contributed by atoms with Gasteiger partial charge in [-0.15, -0.1) is 4.83 Å². The lowest BCUT2D eigenvalue weighted by molar-refractivity contribution is -0.139. The Morgan fingerprint density at radius 3 is 2.61 bits per heavy atom. The highest BCUT2D eigenvalue weighted by Gasteiger charge is 2.20. The SMILES string of the molecule is O=C(O)COc1ccc(S(=O)(=O)NNC(=O)c2ccc3c(c2)OCO3)cc1Cl. The van der Waals surface area contributed by atoms with Crippen LogP contribution in [0.5, 0.6) is 17.2 Å². The third kappa shape index (κ3) is 4.44. The Labute approximate surface area is 164 Å². The predicted molar refractivity (Wildman–Crippen MR) is 94.9 cm³/mol. The second-order valence-corrected chi connectivity index (χ2v) is 7.49. The monoisotopic (exact) mass is 428 g/mol. The number of hydrogen-bond acceptors (Lipinski definition) is 7. The van der Waals surface area contributed by atoms with Crippen LogP contribution in [0.3, 0.4) is 0 Å². The summed E-state index contributed by atoms with van der Waals surface area (Å²) in [5.41, 5.74) is 2.23. The number of rotatable bonds is 7. The van der Waals surface area contributed by atoms with Crippen LogP contribution in [0, 0.1) is 0 Å². The van der Waals surface area contributed by atoms with E-state index in [1.54, 1.807) is 0 Å². The molecule has 0 radical (unpaired) electrons. The number of hydrazine groups is 1. The topological polar surface area (TPSA) is 140 Å². The maximum absolute atomic E-state index is 12.3. The molecule has 1 aliphatic rings. The van der Waals surface area contributed by atoms with E-state index in [0.717, 1.165) is 12.1 Å². The molecule has 10 nitrogen and oxygen atoms in total. The lowest BCUT2D eigenvalue weighted by atomic mass is 10.2. The average Bonchev–Trinajstić information content (AvgIpc) is 3.12. The molecule has 12 heteroatoms. The van der Waals surface area contributed by atoms with E-state index in [-0.39, 0.29) is 28.0 Å². The molecule has 0 unspecified atom stereocenters. The lowest BCUT2D eigenvalue weighted by Crippen LogP contribution is -2.41. The first-order valence-corrected chi connectivity index (χ1v) is 9.48. The van der Waals surface area contributed by atoms with Crippen molar-refractivity contribution < 1.29 is 37.3 Å². The number of halogens is 1. The molecule has 148 valence electrons. The molecular weight excluding hydrogens is 416 g/mol. The summed E-state index contributed by atoms with van der Waals surface area (Å²) in [6.45, 7) is -0.588. The molecule has 0 fully saturated rings. The molecule has 0 aromatic heterocycles. The zero-order valence-corrected chi connectivity index (χ0v) is 15.5. The molecule has 2 aromatic carbocycles. The average molecular weight is 429 g/mol. The first-order valence-electron chi connectivity index (χ1n) is 7.62. The Hall–Kier alpha value is -3.02. The molecule has 1 heterocycles. The van der Waals surface area contributed by atoms with Crippen molar-refractivity contribution in [2.45, 2.75) is 4.90 Å². The van der Waals surface area contributed by atoms with Gasteiger partial charge in [-0.2, -0.15) is 0 Å². The number of fused-ring (bicyclic) bond motifs is 1. The van der Waals surface area contributed by atoms with Crippen LogP contribution in [-0.4, -0.2) is 38.8 Å². The minimum atomic E-state index is -4.14. The number of benzene rings is 2. The third-order valence-corrected chi connectivity index (χ3v) is 5.04. The highest BCUT2D eigenvalue weighted by molar-refractivity contribution is 7.89. The van der Waals surface area contributed by atoms with Gasteiger partial charge in [0.25, 0.3) is 15.9 Å². The normalized spacial score (nSPS) is 12.5. The van der Waals surface area contributed by atoms with E-state index in [0.29, 0.717) is 11.5 Å². The van der Waals surface area contributed by atoms with E-state index in [4.69, 9.17) is 30.9 Å². The van der Waals surface area contributed by atoms with Gasteiger partial charge in [0.15, 0.2) is 18.1 Å². The molecule has 0 aliphatic carbocycles. The van der Waals surface area contributed by atoms with E-state index in [9.17, 15) is 18.0 Å². The van der Waals surface area contributed by atoms with Gasteiger partial charge in [-0.05, 0) is 36.4 Å². The third-order valence-electron chi connectivity index (χ3n) is 3.50. The molecule has 3 N–H and O–H groups in total. The van der Waals surface area contributed by atoms with Crippen molar-refractivity contribution in [2.24, 2.45) is 0 Å². The van der Waals surface area contributed by atoms with Crippen LogP contribution < -0.4 is 24.5 Å².